The molecule has 0 saturated carbocycles. The fraction of sp³-hybridized carbons (Fsp3) is 0.250. The molecule has 0 saturated heterocycles. The zero-order valence-corrected chi connectivity index (χ0v) is 11.5. The van der Waals surface area contributed by atoms with E-state index in [0.29, 0.717) is 5.69 Å². The van der Waals surface area contributed by atoms with E-state index in [1.807, 2.05) is 6.92 Å². The van der Waals surface area contributed by atoms with E-state index in [1.165, 1.54) is 18.4 Å². The lowest BCUT2D eigenvalue weighted by atomic mass is 10.3. The number of aromatic nitrogens is 1. The molecule has 1 heterocycles. The molecule has 0 spiro atoms. The Balaban J connectivity index is 2.19. The van der Waals surface area contributed by atoms with Gasteiger partial charge in [0.15, 0.2) is 0 Å². The maximum atomic E-state index is 12.0. The number of hydrogen-bond donors (Lipinski definition) is 2. The summed E-state index contributed by atoms with van der Waals surface area (Å²) < 4.78 is 31.3. The van der Waals surface area contributed by atoms with Crippen molar-refractivity contribution in [2.75, 3.05) is 16.6 Å². The highest BCUT2D eigenvalue weighted by Crippen LogP contribution is 2.17. The molecule has 0 aliphatic heterocycles. The van der Waals surface area contributed by atoms with Gasteiger partial charge in [-0.25, -0.2) is 13.1 Å². The van der Waals surface area contributed by atoms with Gasteiger partial charge in [-0.2, -0.15) is 4.98 Å². The Morgan fingerprint density at radius 3 is 2.47 bits per heavy atom. The number of anilines is 2. The Hall–Kier alpha value is -2.02. The van der Waals surface area contributed by atoms with Crippen LogP contribution in [0, 0.1) is 6.92 Å². The van der Waals surface area contributed by atoms with Crippen LogP contribution in [-0.2, 0) is 10.0 Å². The number of nitrogens with one attached hydrogen (secondary N) is 2. The Labute approximate surface area is 111 Å². The van der Waals surface area contributed by atoms with Crippen molar-refractivity contribution in [1.29, 1.82) is 0 Å². The highest BCUT2D eigenvalue weighted by molar-refractivity contribution is 7.92. The van der Waals surface area contributed by atoms with Crippen LogP contribution in [0.2, 0.25) is 0 Å². The molecule has 0 aliphatic carbocycles. The minimum absolute atomic E-state index is 0.0340. The van der Waals surface area contributed by atoms with Crippen LogP contribution in [0.15, 0.2) is 39.8 Å². The molecule has 0 unspecified atom stereocenters. The van der Waals surface area contributed by atoms with Crippen LogP contribution in [0.25, 0.3) is 0 Å². The molecule has 6 nitrogen and oxygen atoms in total. The second kappa shape index (κ2) is 5.31. The predicted molar refractivity (Wildman–Crippen MR) is 72.7 cm³/mol. The summed E-state index contributed by atoms with van der Waals surface area (Å²) in [5, 5.41) is 3.09. The Morgan fingerprint density at radius 2 is 1.95 bits per heavy atom. The topological polar surface area (TPSA) is 84.2 Å². The number of hydrogen-bond acceptors (Lipinski definition) is 5. The lowest BCUT2D eigenvalue weighted by Gasteiger charge is -2.06. The van der Waals surface area contributed by atoms with E-state index in [9.17, 15) is 8.42 Å². The highest BCUT2D eigenvalue weighted by Gasteiger charge is 2.16. The summed E-state index contributed by atoms with van der Waals surface area (Å²) in [4.78, 5) is 4.06. The first-order chi connectivity index (χ1) is 9.01. The number of benzene rings is 1. The van der Waals surface area contributed by atoms with Crippen LogP contribution in [-0.4, -0.2) is 19.9 Å². The van der Waals surface area contributed by atoms with Crippen LogP contribution < -0.4 is 10.0 Å². The fourth-order valence-corrected chi connectivity index (χ4v) is 2.47. The van der Waals surface area contributed by atoms with Crippen molar-refractivity contribution in [2.45, 2.75) is 18.7 Å². The first-order valence-electron chi connectivity index (χ1n) is 5.80. The quantitative estimate of drug-likeness (QED) is 0.877. The molecule has 0 radical (unpaired) electrons. The largest absolute Gasteiger partial charge is 0.431 e. The summed E-state index contributed by atoms with van der Waals surface area (Å²) >= 11 is 0. The summed E-state index contributed by atoms with van der Waals surface area (Å²) in [7, 11) is -3.67. The number of nitrogens with zero attached hydrogens (tertiary/aromatic N) is 1. The molecule has 19 heavy (non-hydrogen) atoms. The van der Waals surface area contributed by atoms with Gasteiger partial charge in [-0.15, -0.1) is 0 Å². The summed E-state index contributed by atoms with van der Waals surface area (Å²) in [6, 6.07) is 6.43. The van der Waals surface area contributed by atoms with Crippen LogP contribution >= 0.6 is 0 Å². The molecular weight excluding hydrogens is 266 g/mol. The van der Waals surface area contributed by atoms with Gasteiger partial charge in [0.25, 0.3) is 10.0 Å². The molecule has 2 rings (SSSR count). The zero-order valence-electron chi connectivity index (χ0n) is 10.7. The molecule has 0 aliphatic rings. The van der Waals surface area contributed by atoms with Crippen molar-refractivity contribution >= 4 is 21.7 Å². The Kier molecular flexibility index (Phi) is 3.75. The number of oxazole rings is 1. The number of rotatable bonds is 5. The van der Waals surface area contributed by atoms with E-state index in [0.717, 1.165) is 12.2 Å². The van der Waals surface area contributed by atoms with Gasteiger partial charge in [0.2, 0.25) is 0 Å². The van der Waals surface area contributed by atoms with Gasteiger partial charge in [-0.3, -0.25) is 0 Å². The molecule has 2 N–H and O–H groups in total. The maximum absolute atomic E-state index is 12.0. The van der Waals surface area contributed by atoms with Gasteiger partial charge >= 0.3 is 6.01 Å². The summed E-state index contributed by atoms with van der Waals surface area (Å²) in [6.45, 7) is 4.46. The van der Waals surface area contributed by atoms with E-state index in [-0.39, 0.29) is 10.9 Å². The minimum Gasteiger partial charge on any atom is -0.431 e. The van der Waals surface area contributed by atoms with Crippen LogP contribution in [0.4, 0.5) is 11.7 Å². The SMILES string of the molecule is CCNc1ccc(S(=O)(=O)Nc2nc(C)co2)cc1. The molecule has 0 bridgehead atoms. The van der Waals surface area contributed by atoms with Crippen LogP contribution in [0.1, 0.15) is 12.6 Å². The fourth-order valence-electron chi connectivity index (χ4n) is 1.53. The summed E-state index contributed by atoms with van der Waals surface area (Å²) in [5.74, 6) is 0. The Morgan fingerprint density at radius 1 is 1.26 bits per heavy atom. The Bertz CT molecular complexity index is 647. The van der Waals surface area contributed by atoms with E-state index in [1.54, 1.807) is 19.1 Å². The molecule has 102 valence electrons. The van der Waals surface area contributed by atoms with E-state index < -0.39 is 10.0 Å². The summed E-state index contributed by atoms with van der Waals surface area (Å²) in [6.07, 6.45) is 1.38. The van der Waals surface area contributed by atoms with Gasteiger partial charge in [0.1, 0.15) is 6.26 Å². The zero-order chi connectivity index (χ0) is 13.9. The number of aryl methyl sites for hydroxylation is 1. The number of sulfonamides is 1. The van der Waals surface area contributed by atoms with Crippen molar-refractivity contribution in [3.05, 3.63) is 36.2 Å². The van der Waals surface area contributed by atoms with Crippen molar-refractivity contribution in [1.82, 2.24) is 4.98 Å². The third kappa shape index (κ3) is 3.25. The highest BCUT2D eigenvalue weighted by atomic mass is 32.2. The molecule has 1 aromatic heterocycles. The lowest BCUT2D eigenvalue weighted by Crippen LogP contribution is -2.13. The molecule has 0 fully saturated rings. The molecule has 7 heteroatoms. The van der Waals surface area contributed by atoms with Gasteiger partial charge in [-0.1, -0.05) is 0 Å². The van der Waals surface area contributed by atoms with Gasteiger partial charge < -0.3 is 9.73 Å². The second-order valence-corrected chi connectivity index (χ2v) is 5.64. The van der Waals surface area contributed by atoms with Gasteiger partial charge in [0, 0.05) is 12.2 Å². The van der Waals surface area contributed by atoms with Gasteiger partial charge in [-0.05, 0) is 38.1 Å². The first kappa shape index (κ1) is 13.4. The third-order valence-electron chi connectivity index (χ3n) is 2.39. The van der Waals surface area contributed by atoms with Crippen molar-refractivity contribution in [2.24, 2.45) is 0 Å². The lowest BCUT2D eigenvalue weighted by molar-refractivity contribution is 0.569. The standard InChI is InChI=1S/C12H15N3O3S/c1-3-13-10-4-6-11(7-5-10)19(16,17)15-12-14-9(2)8-18-12/h4-8,13H,3H2,1-2H3,(H,14,15). The van der Waals surface area contributed by atoms with Crippen LogP contribution in [0.3, 0.4) is 0 Å². The monoisotopic (exact) mass is 281 g/mol. The average Bonchev–Trinajstić information content (AvgIpc) is 2.75. The smallest absolute Gasteiger partial charge is 0.309 e. The van der Waals surface area contributed by atoms with E-state index in [2.05, 4.69) is 15.0 Å². The molecule has 1 aromatic carbocycles. The predicted octanol–water partition coefficient (Wildman–Crippen LogP) is 2.22. The van der Waals surface area contributed by atoms with Crippen molar-refractivity contribution in [3.8, 4) is 0 Å². The van der Waals surface area contributed by atoms with E-state index >= 15 is 0 Å². The van der Waals surface area contributed by atoms with Crippen molar-refractivity contribution in [3.63, 3.8) is 0 Å². The third-order valence-corrected chi connectivity index (χ3v) is 3.72. The normalized spacial score (nSPS) is 11.3. The minimum atomic E-state index is -3.67. The van der Waals surface area contributed by atoms with Crippen LogP contribution in [0.5, 0.6) is 0 Å². The molecule has 0 amide bonds. The van der Waals surface area contributed by atoms with E-state index in [4.69, 9.17) is 4.42 Å². The molecule has 2 aromatic rings. The molecule has 0 atom stereocenters. The summed E-state index contributed by atoms with van der Waals surface area (Å²) in [5.41, 5.74) is 1.48. The van der Waals surface area contributed by atoms with Crippen molar-refractivity contribution < 1.29 is 12.8 Å². The first-order valence-corrected chi connectivity index (χ1v) is 7.28. The average molecular weight is 281 g/mol. The second-order valence-electron chi connectivity index (χ2n) is 3.95. The maximum Gasteiger partial charge on any atom is 0.309 e. The van der Waals surface area contributed by atoms with Gasteiger partial charge in [0.05, 0.1) is 10.6 Å². The molecular formula is C12H15N3O3S.